The molecule has 0 radical (unpaired) electrons. The van der Waals surface area contributed by atoms with Crippen LogP contribution in [0.5, 0.6) is 0 Å². The third-order valence-electron chi connectivity index (χ3n) is 8.14. The lowest BCUT2D eigenvalue weighted by Gasteiger charge is -2.30. The number of ether oxygens (including phenoxy) is 2. The summed E-state index contributed by atoms with van der Waals surface area (Å²) in [5.74, 6) is -3.53. The average Bonchev–Trinajstić information content (AvgIpc) is 3.06. The number of carbonyl (C=O) groups is 2. The van der Waals surface area contributed by atoms with Crippen molar-refractivity contribution < 1.29 is 41.4 Å². The molecule has 0 aliphatic carbocycles. The molecule has 3 atom stereocenters. The first-order valence-corrected chi connectivity index (χ1v) is 18.4. The molecule has 9 nitrogen and oxygen atoms in total. The predicted octanol–water partition coefficient (Wildman–Crippen LogP) is 5.89. The maximum Gasteiger partial charge on any atom is 0.410 e. The van der Waals surface area contributed by atoms with E-state index in [-0.39, 0.29) is 25.1 Å². The Bertz CT molecular complexity index is 1580. The molecule has 0 fully saturated rings. The Morgan fingerprint density at radius 3 is 2.08 bits per heavy atom. The molecule has 3 aromatic rings. The van der Waals surface area contributed by atoms with E-state index in [1.807, 2.05) is 51.1 Å². The van der Waals surface area contributed by atoms with Gasteiger partial charge >= 0.3 is 12.1 Å². The Kier molecular flexibility index (Phi) is 15.6. The van der Waals surface area contributed by atoms with Gasteiger partial charge in [-0.2, -0.15) is 0 Å². The highest BCUT2D eigenvalue weighted by molar-refractivity contribution is 7.92. The molecule has 0 saturated carbocycles. The fourth-order valence-electron chi connectivity index (χ4n) is 5.58. The molecular formula is C37H48F2N2O7S. The number of aliphatic hydroxyl groups excluding tert-OH is 1. The second kappa shape index (κ2) is 19.4. The number of aliphatic hydroxyl groups is 1. The number of benzene rings is 3. The van der Waals surface area contributed by atoms with Crippen LogP contribution in [0.4, 0.5) is 13.6 Å². The van der Waals surface area contributed by atoms with E-state index in [4.69, 9.17) is 15.2 Å². The van der Waals surface area contributed by atoms with Crippen molar-refractivity contribution in [3.05, 3.63) is 107 Å². The maximum atomic E-state index is 14.1. The summed E-state index contributed by atoms with van der Waals surface area (Å²) >= 11 is 0. The van der Waals surface area contributed by atoms with Crippen LogP contribution < -0.4 is 5.73 Å². The number of halogens is 2. The largest absolute Gasteiger partial charge is 0.458 e. The fourth-order valence-corrected chi connectivity index (χ4v) is 7.68. The van der Waals surface area contributed by atoms with Gasteiger partial charge in [0.15, 0.2) is 9.84 Å². The molecule has 0 aromatic heterocycles. The Morgan fingerprint density at radius 1 is 0.857 bits per heavy atom. The van der Waals surface area contributed by atoms with Crippen LogP contribution in [0.25, 0.3) is 0 Å². The number of amides is 1. The molecule has 12 heteroatoms. The van der Waals surface area contributed by atoms with Crippen LogP contribution in [0.3, 0.4) is 0 Å². The number of aryl methyl sites for hydroxylation is 1. The van der Waals surface area contributed by atoms with Crippen molar-refractivity contribution in [1.29, 1.82) is 0 Å². The predicted molar refractivity (Wildman–Crippen MR) is 184 cm³/mol. The highest BCUT2D eigenvalue weighted by Gasteiger charge is 2.34. The molecule has 49 heavy (non-hydrogen) atoms. The Labute approximate surface area is 288 Å². The molecule has 3 N–H and O–H groups in total. The van der Waals surface area contributed by atoms with Gasteiger partial charge in [-0.15, -0.1) is 0 Å². The lowest BCUT2D eigenvalue weighted by molar-refractivity contribution is -0.156. The molecular weight excluding hydrogens is 654 g/mol. The van der Waals surface area contributed by atoms with E-state index in [2.05, 4.69) is 0 Å². The van der Waals surface area contributed by atoms with Crippen LogP contribution in [0.1, 0.15) is 68.7 Å². The van der Waals surface area contributed by atoms with Crippen LogP contribution in [0.15, 0.2) is 72.8 Å². The summed E-state index contributed by atoms with van der Waals surface area (Å²) in [6, 6.07) is 17.7. The lowest BCUT2D eigenvalue weighted by Crippen LogP contribution is -2.48. The Balaban J connectivity index is 1.88. The normalized spacial score (nSPS) is 13.5. The van der Waals surface area contributed by atoms with Crippen LogP contribution in [0, 0.1) is 11.6 Å². The van der Waals surface area contributed by atoms with Crippen molar-refractivity contribution >= 4 is 21.9 Å². The summed E-state index contributed by atoms with van der Waals surface area (Å²) in [4.78, 5) is 27.9. The standard InChI is InChI=1S/C37H48F2N2O7S/c1-4-11-32(12-5-2)49(45,46)25-33(40)36(43)48-35(20-29-18-30(38)21-31(39)19-29)34(42)23-41(22-28-16-10-15-26(6-3)17-28)37(44)47-24-27-13-8-7-9-14-27/h7-10,13-19,21,32-35,42H,4-6,11-12,20,22-25,40H2,1-3H3/t33?,34-,35+/m1/s1. The Morgan fingerprint density at radius 2 is 1.47 bits per heavy atom. The van der Waals surface area contributed by atoms with Crippen molar-refractivity contribution in [3.63, 3.8) is 0 Å². The molecule has 3 rings (SSSR count). The highest BCUT2D eigenvalue weighted by atomic mass is 32.2. The van der Waals surface area contributed by atoms with Crippen LogP contribution in [0.2, 0.25) is 0 Å². The van der Waals surface area contributed by atoms with E-state index in [9.17, 15) is 31.9 Å². The zero-order valence-corrected chi connectivity index (χ0v) is 29.2. The monoisotopic (exact) mass is 702 g/mol. The molecule has 0 aliphatic heterocycles. The van der Waals surface area contributed by atoms with E-state index in [0.29, 0.717) is 31.7 Å². The van der Waals surface area contributed by atoms with Crippen LogP contribution >= 0.6 is 0 Å². The first kappa shape index (κ1) is 39.6. The van der Waals surface area contributed by atoms with Gasteiger partial charge in [-0.05, 0) is 53.6 Å². The second-order valence-electron chi connectivity index (χ2n) is 12.3. The number of carbonyl (C=O) groups excluding carboxylic acids is 2. The third kappa shape index (κ3) is 12.8. The van der Waals surface area contributed by atoms with Gasteiger partial charge in [0, 0.05) is 19.0 Å². The molecule has 0 heterocycles. The van der Waals surface area contributed by atoms with Gasteiger partial charge in [-0.25, -0.2) is 22.0 Å². The topological polar surface area (TPSA) is 136 Å². The summed E-state index contributed by atoms with van der Waals surface area (Å²) in [6.07, 6.45) is -1.31. The molecule has 0 aliphatic rings. The number of rotatable bonds is 19. The summed E-state index contributed by atoms with van der Waals surface area (Å²) in [6.45, 7) is 5.32. The highest BCUT2D eigenvalue weighted by Crippen LogP contribution is 2.20. The van der Waals surface area contributed by atoms with Crippen LogP contribution in [-0.2, 0) is 50.1 Å². The van der Waals surface area contributed by atoms with E-state index in [1.165, 1.54) is 4.90 Å². The number of hydrogen-bond acceptors (Lipinski definition) is 8. The van der Waals surface area contributed by atoms with Gasteiger partial charge < -0.3 is 25.2 Å². The minimum atomic E-state index is -3.77. The summed E-state index contributed by atoms with van der Waals surface area (Å²) in [5, 5.41) is 10.8. The van der Waals surface area contributed by atoms with Gasteiger partial charge in [0.05, 0.1) is 17.5 Å². The Hall–Kier alpha value is -3.87. The number of esters is 1. The minimum absolute atomic E-state index is 0.0295. The number of nitrogens with zero attached hydrogens (tertiary/aromatic N) is 1. The zero-order chi connectivity index (χ0) is 36.0. The fraction of sp³-hybridized carbons (Fsp3) is 0.459. The molecule has 0 bridgehead atoms. The van der Waals surface area contributed by atoms with Gasteiger partial charge in [0.25, 0.3) is 0 Å². The van der Waals surface area contributed by atoms with Crippen molar-refractivity contribution in [2.24, 2.45) is 5.73 Å². The first-order chi connectivity index (χ1) is 23.3. The van der Waals surface area contributed by atoms with E-state index in [0.717, 1.165) is 35.2 Å². The smallest absolute Gasteiger partial charge is 0.410 e. The van der Waals surface area contributed by atoms with Gasteiger partial charge in [0.2, 0.25) is 0 Å². The van der Waals surface area contributed by atoms with E-state index < -0.39 is 69.3 Å². The van der Waals surface area contributed by atoms with Gasteiger partial charge in [-0.3, -0.25) is 4.79 Å². The summed E-state index contributed by atoms with van der Waals surface area (Å²) in [5.41, 5.74) is 8.65. The van der Waals surface area contributed by atoms with Crippen molar-refractivity contribution in [3.8, 4) is 0 Å². The van der Waals surface area contributed by atoms with Crippen LogP contribution in [-0.4, -0.2) is 66.3 Å². The van der Waals surface area contributed by atoms with Crippen molar-refractivity contribution in [2.45, 2.75) is 95.9 Å². The number of nitrogens with two attached hydrogens (primary N) is 1. The van der Waals surface area contributed by atoms with E-state index >= 15 is 0 Å². The van der Waals surface area contributed by atoms with Gasteiger partial charge in [-0.1, -0.05) is 88.2 Å². The second-order valence-corrected chi connectivity index (χ2v) is 14.6. The first-order valence-electron chi connectivity index (χ1n) is 16.7. The average molecular weight is 703 g/mol. The molecule has 1 amide bonds. The quantitative estimate of drug-likeness (QED) is 0.148. The van der Waals surface area contributed by atoms with Crippen molar-refractivity contribution in [1.82, 2.24) is 4.90 Å². The summed E-state index contributed by atoms with van der Waals surface area (Å²) < 4.78 is 65.7. The number of hydrogen-bond donors (Lipinski definition) is 2. The minimum Gasteiger partial charge on any atom is -0.458 e. The molecule has 1 unspecified atom stereocenters. The summed E-state index contributed by atoms with van der Waals surface area (Å²) in [7, 11) is -3.77. The molecule has 3 aromatic carbocycles. The molecule has 0 saturated heterocycles. The van der Waals surface area contributed by atoms with Crippen molar-refractivity contribution in [2.75, 3.05) is 12.3 Å². The van der Waals surface area contributed by atoms with E-state index in [1.54, 1.807) is 24.3 Å². The number of sulfone groups is 1. The van der Waals surface area contributed by atoms with Gasteiger partial charge in [0.1, 0.15) is 36.5 Å². The zero-order valence-electron chi connectivity index (χ0n) is 28.4. The lowest BCUT2D eigenvalue weighted by atomic mass is 10.0. The SMILES string of the molecule is CCCC(CCC)S(=O)(=O)CC(N)C(=O)O[C@@H](Cc1cc(F)cc(F)c1)[C@H](O)CN(Cc1cccc(CC)c1)C(=O)OCc1ccccc1. The molecule has 0 spiro atoms. The third-order valence-corrected chi connectivity index (χ3v) is 10.5. The maximum absolute atomic E-state index is 14.1. The molecule has 268 valence electrons.